The third-order valence-corrected chi connectivity index (χ3v) is 3.86. The van der Waals surface area contributed by atoms with Gasteiger partial charge in [0.1, 0.15) is 5.82 Å². The number of anilines is 1. The molecule has 0 bridgehead atoms. The van der Waals surface area contributed by atoms with E-state index in [9.17, 15) is 8.78 Å². The van der Waals surface area contributed by atoms with Crippen molar-refractivity contribution in [1.82, 2.24) is 9.97 Å². The first kappa shape index (κ1) is 15.8. The maximum atomic E-state index is 12.6. The number of halogens is 3. The zero-order valence-corrected chi connectivity index (χ0v) is 13.6. The number of nitrogens with one attached hydrogen (secondary N) is 1. The average Bonchev–Trinajstić information content (AvgIpc) is 2.47. The summed E-state index contributed by atoms with van der Waals surface area (Å²) in [6, 6.07) is 6.04. The summed E-state index contributed by atoms with van der Waals surface area (Å²) in [7, 11) is 1.78. The summed E-state index contributed by atoms with van der Waals surface area (Å²) in [6.45, 7) is 4.08. The first-order valence-electron chi connectivity index (χ1n) is 6.57. The molecule has 0 unspecified atom stereocenters. The van der Waals surface area contributed by atoms with Crippen LogP contribution in [0.3, 0.4) is 0 Å². The zero-order chi connectivity index (χ0) is 15.6. The van der Waals surface area contributed by atoms with Crippen molar-refractivity contribution in [2.75, 3.05) is 12.4 Å². The molecule has 112 valence electrons. The summed E-state index contributed by atoms with van der Waals surface area (Å²) >= 11 is 3.49. The molecule has 0 aliphatic heterocycles. The van der Waals surface area contributed by atoms with Crippen LogP contribution in [-0.4, -0.2) is 17.0 Å². The van der Waals surface area contributed by atoms with E-state index in [1.54, 1.807) is 19.2 Å². The van der Waals surface area contributed by atoms with Crippen molar-refractivity contribution in [1.29, 1.82) is 0 Å². The molecule has 1 N–H and O–H groups in total. The molecule has 0 fully saturated rings. The fourth-order valence-electron chi connectivity index (χ4n) is 1.92. The molecule has 3 nitrogen and oxygen atoms in total. The molecule has 0 aliphatic carbocycles. The van der Waals surface area contributed by atoms with Crippen molar-refractivity contribution in [3.05, 3.63) is 40.0 Å². The summed E-state index contributed by atoms with van der Waals surface area (Å²) in [5.41, 5.74) is 1.58. The third kappa shape index (κ3) is 3.37. The fraction of sp³-hybridized carbons (Fsp3) is 0.333. The normalized spacial score (nSPS) is 11.2. The zero-order valence-electron chi connectivity index (χ0n) is 12.0. The Bertz CT molecular complexity index is 628. The van der Waals surface area contributed by atoms with Gasteiger partial charge in [-0.15, -0.1) is 0 Å². The lowest BCUT2D eigenvalue weighted by Gasteiger charge is -2.13. The predicted molar refractivity (Wildman–Crippen MR) is 83.8 cm³/mol. The van der Waals surface area contributed by atoms with Crippen LogP contribution in [0.25, 0.3) is 11.4 Å². The number of alkyl halides is 2. The molecule has 1 aromatic carbocycles. The Balaban J connectivity index is 2.50. The van der Waals surface area contributed by atoms with Crippen LogP contribution in [0.2, 0.25) is 0 Å². The standard InChI is InChI=1S/C15H16BrF2N3/c1-8(2)12-11(16)15(19-3)21-14(20-12)10-6-4-9(5-7-10)13(17)18/h4-8,13H,1-3H3,(H,19,20,21). The highest BCUT2D eigenvalue weighted by Crippen LogP contribution is 2.31. The molecule has 0 aliphatic rings. The lowest BCUT2D eigenvalue weighted by molar-refractivity contribution is 0.151. The largest absolute Gasteiger partial charge is 0.372 e. The molecular formula is C15H16BrF2N3. The first-order chi connectivity index (χ1) is 9.93. The van der Waals surface area contributed by atoms with E-state index in [-0.39, 0.29) is 11.5 Å². The number of benzene rings is 1. The summed E-state index contributed by atoms with van der Waals surface area (Å²) in [5, 5.41) is 3.01. The number of hydrogen-bond donors (Lipinski definition) is 1. The second kappa shape index (κ2) is 6.47. The van der Waals surface area contributed by atoms with Crippen molar-refractivity contribution in [2.45, 2.75) is 26.2 Å². The Kier molecular flexibility index (Phi) is 4.88. The monoisotopic (exact) mass is 355 g/mol. The number of rotatable bonds is 4. The van der Waals surface area contributed by atoms with E-state index in [2.05, 4.69) is 31.2 Å². The van der Waals surface area contributed by atoms with Gasteiger partial charge < -0.3 is 5.32 Å². The summed E-state index contributed by atoms with van der Waals surface area (Å²) < 4.78 is 26.0. The van der Waals surface area contributed by atoms with Gasteiger partial charge in [-0.1, -0.05) is 38.1 Å². The third-order valence-electron chi connectivity index (χ3n) is 3.08. The van der Waals surface area contributed by atoms with E-state index in [0.717, 1.165) is 10.2 Å². The molecule has 0 saturated heterocycles. The molecule has 1 aromatic heterocycles. The Morgan fingerprint density at radius 2 is 1.71 bits per heavy atom. The molecule has 21 heavy (non-hydrogen) atoms. The maximum Gasteiger partial charge on any atom is 0.263 e. The van der Waals surface area contributed by atoms with Crippen molar-refractivity contribution in [2.24, 2.45) is 0 Å². The van der Waals surface area contributed by atoms with Crippen LogP contribution in [0.5, 0.6) is 0 Å². The minimum atomic E-state index is -2.47. The van der Waals surface area contributed by atoms with Crippen LogP contribution in [0, 0.1) is 0 Å². The van der Waals surface area contributed by atoms with Crippen LogP contribution < -0.4 is 5.32 Å². The quantitative estimate of drug-likeness (QED) is 0.837. The second-order valence-corrected chi connectivity index (χ2v) is 5.72. The van der Waals surface area contributed by atoms with Gasteiger partial charge in [0.05, 0.1) is 10.2 Å². The highest BCUT2D eigenvalue weighted by atomic mass is 79.9. The van der Waals surface area contributed by atoms with E-state index in [4.69, 9.17) is 0 Å². The highest BCUT2D eigenvalue weighted by molar-refractivity contribution is 9.10. The van der Waals surface area contributed by atoms with Crippen LogP contribution in [-0.2, 0) is 0 Å². The van der Waals surface area contributed by atoms with Gasteiger partial charge in [0, 0.05) is 18.2 Å². The average molecular weight is 356 g/mol. The van der Waals surface area contributed by atoms with E-state index < -0.39 is 6.43 Å². The lowest BCUT2D eigenvalue weighted by Crippen LogP contribution is -2.04. The van der Waals surface area contributed by atoms with Crippen molar-refractivity contribution in [3.63, 3.8) is 0 Å². The smallest absolute Gasteiger partial charge is 0.263 e. The van der Waals surface area contributed by atoms with Gasteiger partial charge in [0.15, 0.2) is 5.82 Å². The van der Waals surface area contributed by atoms with E-state index in [1.165, 1.54) is 12.1 Å². The maximum absolute atomic E-state index is 12.6. The topological polar surface area (TPSA) is 37.8 Å². The van der Waals surface area contributed by atoms with Crippen LogP contribution in [0.4, 0.5) is 14.6 Å². The van der Waals surface area contributed by atoms with Crippen LogP contribution in [0.1, 0.15) is 37.4 Å². The Morgan fingerprint density at radius 1 is 1.10 bits per heavy atom. The minimum absolute atomic E-state index is 0.00575. The Hall–Kier alpha value is -1.56. The van der Waals surface area contributed by atoms with Crippen LogP contribution in [0.15, 0.2) is 28.7 Å². The number of hydrogen-bond acceptors (Lipinski definition) is 3. The molecule has 0 radical (unpaired) electrons. The SMILES string of the molecule is CNc1nc(-c2ccc(C(F)F)cc2)nc(C(C)C)c1Br. The van der Waals surface area contributed by atoms with Crippen molar-refractivity contribution in [3.8, 4) is 11.4 Å². The first-order valence-corrected chi connectivity index (χ1v) is 7.37. The van der Waals surface area contributed by atoms with Gasteiger partial charge in [-0.05, 0) is 21.8 Å². The minimum Gasteiger partial charge on any atom is -0.372 e. The number of nitrogens with zero attached hydrogens (tertiary/aromatic N) is 2. The molecule has 2 rings (SSSR count). The van der Waals surface area contributed by atoms with Gasteiger partial charge in [0.2, 0.25) is 0 Å². The lowest BCUT2D eigenvalue weighted by atomic mass is 10.1. The molecule has 0 saturated carbocycles. The van der Waals surface area contributed by atoms with Crippen molar-refractivity contribution >= 4 is 21.7 Å². The summed E-state index contributed by atoms with van der Waals surface area (Å²) in [6.07, 6.45) is -2.47. The molecule has 0 atom stereocenters. The molecule has 2 aromatic rings. The van der Waals surface area contributed by atoms with Gasteiger partial charge in [-0.2, -0.15) is 0 Å². The molecule has 1 heterocycles. The van der Waals surface area contributed by atoms with E-state index in [0.29, 0.717) is 17.2 Å². The van der Waals surface area contributed by atoms with Gasteiger partial charge in [0.25, 0.3) is 6.43 Å². The van der Waals surface area contributed by atoms with Gasteiger partial charge >= 0.3 is 0 Å². The summed E-state index contributed by atoms with van der Waals surface area (Å²) in [5.74, 6) is 1.42. The predicted octanol–water partition coefficient (Wildman–Crippen LogP) is 5.01. The Morgan fingerprint density at radius 3 is 2.19 bits per heavy atom. The van der Waals surface area contributed by atoms with Gasteiger partial charge in [-0.3, -0.25) is 0 Å². The molecule has 6 heteroatoms. The van der Waals surface area contributed by atoms with E-state index >= 15 is 0 Å². The fourth-order valence-corrected chi connectivity index (χ4v) is 2.75. The Labute approximate surface area is 131 Å². The summed E-state index contributed by atoms with van der Waals surface area (Å²) in [4.78, 5) is 8.96. The molecular weight excluding hydrogens is 340 g/mol. The van der Waals surface area contributed by atoms with Gasteiger partial charge in [-0.25, -0.2) is 18.7 Å². The molecule has 0 spiro atoms. The van der Waals surface area contributed by atoms with E-state index in [1.807, 2.05) is 13.8 Å². The second-order valence-electron chi connectivity index (χ2n) is 4.92. The van der Waals surface area contributed by atoms with Crippen molar-refractivity contribution < 1.29 is 8.78 Å². The van der Waals surface area contributed by atoms with Crippen LogP contribution >= 0.6 is 15.9 Å². The molecule has 0 amide bonds. The highest BCUT2D eigenvalue weighted by Gasteiger charge is 2.15. The number of aromatic nitrogens is 2.